The summed E-state index contributed by atoms with van der Waals surface area (Å²) in [5.74, 6) is 1.26. The molecule has 2 aliphatic rings. The molecule has 0 aromatic rings. The van der Waals surface area contributed by atoms with Gasteiger partial charge in [-0.25, -0.2) is 4.79 Å². The molecular weight excluding hydrogens is 204 g/mol. The summed E-state index contributed by atoms with van der Waals surface area (Å²) < 4.78 is 5.37. The van der Waals surface area contributed by atoms with Crippen LogP contribution < -0.4 is 0 Å². The number of ether oxygens (including phenoxy) is 1. The van der Waals surface area contributed by atoms with Crippen LogP contribution in [0.5, 0.6) is 0 Å². The predicted octanol–water partition coefficient (Wildman–Crippen LogP) is 2.50. The van der Waals surface area contributed by atoms with E-state index in [9.17, 15) is 4.79 Å². The average molecular weight is 224 g/mol. The van der Waals surface area contributed by atoms with Gasteiger partial charge in [0.2, 0.25) is 0 Å². The number of fused-ring (bicyclic) bond motifs is 2. The maximum absolute atomic E-state index is 11.3. The summed E-state index contributed by atoms with van der Waals surface area (Å²) in [5, 5.41) is 0. The highest BCUT2D eigenvalue weighted by Crippen LogP contribution is 2.45. The minimum atomic E-state index is -0.211. The van der Waals surface area contributed by atoms with Crippen molar-refractivity contribution in [3.8, 4) is 0 Å². The standard InChI is InChI=1S/C11H16O2.C2H4O/c1-7(2)11(12)13-10-6-8-3-4-9(10)5-8;1-2-3/h8-10H,1,3-6H2,2H3;2H,1H3. The molecule has 0 amide bonds. The van der Waals surface area contributed by atoms with Crippen molar-refractivity contribution in [2.45, 2.75) is 45.6 Å². The maximum Gasteiger partial charge on any atom is 0.333 e. The zero-order valence-electron chi connectivity index (χ0n) is 10.1. The Hall–Kier alpha value is -1.12. The maximum atomic E-state index is 11.3. The number of hydrogen-bond acceptors (Lipinski definition) is 3. The first-order valence-electron chi connectivity index (χ1n) is 5.84. The number of aldehydes is 1. The van der Waals surface area contributed by atoms with Crippen LogP contribution in [0.2, 0.25) is 0 Å². The Bertz CT molecular complexity index is 283. The van der Waals surface area contributed by atoms with Crippen molar-refractivity contribution in [2.24, 2.45) is 11.8 Å². The van der Waals surface area contributed by atoms with Crippen molar-refractivity contribution in [1.29, 1.82) is 0 Å². The van der Waals surface area contributed by atoms with Crippen molar-refractivity contribution >= 4 is 12.3 Å². The Morgan fingerprint density at radius 3 is 2.38 bits per heavy atom. The molecule has 90 valence electrons. The molecule has 0 N–H and O–H groups in total. The minimum absolute atomic E-state index is 0.197. The fraction of sp³-hybridized carbons (Fsp3) is 0.692. The summed E-state index contributed by atoms with van der Waals surface area (Å²) in [4.78, 5) is 20.1. The van der Waals surface area contributed by atoms with Gasteiger partial charge in [-0.1, -0.05) is 6.58 Å². The van der Waals surface area contributed by atoms with Crippen molar-refractivity contribution in [1.82, 2.24) is 0 Å². The molecule has 2 rings (SSSR count). The number of esters is 1. The summed E-state index contributed by atoms with van der Waals surface area (Å²) in [6.07, 6.45) is 5.89. The lowest BCUT2D eigenvalue weighted by molar-refractivity contribution is -0.146. The van der Waals surface area contributed by atoms with E-state index in [0.717, 1.165) is 18.6 Å². The van der Waals surface area contributed by atoms with E-state index in [0.29, 0.717) is 11.5 Å². The lowest BCUT2D eigenvalue weighted by Gasteiger charge is -2.21. The van der Waals surface area contributed by atoms with E-state index in [4.69, 9.17) is 9.53 Å². The molecule has 2 bridgehead atoms. The number of carbonyl (C=O) groups excluding carboxylic acids is 2. The summed E-state index contributed by atoms with van der Waals surface area (Å²) in [7, 11) is 0. The van der Waals surface area contributed by atoms with Crippen LogP contribution in [0.4, 0.5) is 0 Å². The molecule has 0 aromatic heterocycles. The molecule has 3 nitrogen and oxygen atoms in total. The highest BCUT2D eigenvalue weighted by Gasteiger charge is 2.41. The normalized spacial score (nSPS) is 30.2. The first kappa shape index (κ1) is 12.9. The van der Waals surface area contributed by atoms with Crippen molar-refractivity contribution in [3.05, 3.63) is 12.2 Å². The third kappa shape index (κ3) is 3.19. The second-order valence-electron chi connectivity index (χ2n) is 4.63. The topological polar surface area (TPSA) is 43.4 Å². The van der Waals surface area contributed by atoms with Crippen molar-refractivity contribution in [3.63, 3.8) is 0 Å². The summed E-state index contributed by atoms with van der Waals surface area (Å²) in [5.41, 5.74) is 0.516. The molecule has 3 heteroatoms. The predicted molar refractivity (Wildman–Crippen MR) is 61.9 cm³/mol. The Morgan fingerprint density at radius 1 is 1.38 bits per heavy atom. The number of carbonyl (C=O) groups is 2. The van der Waals surface area contributed by atoms with Crippen molar-refractivity contribution < 1.29 is 14.3 Å². The van der Waals surface area contributed by atoms with Crippen LogP contribution in [0.1, 0.15) is 39.5 Å². The molecule has 0 spiro atoms. The largest absolute Gasteiger partial charge is 0.459 e. The fourth-order valence-corrected chi connectivity index (χ4v) is 2.57. The molecule has 3 atom stereocenters. The molecule has 16 heavy (non-hydrogen) atoms. The Morgan fingerprint density at radius 2 is 2.00 bits per heavy atom. The van der Waals surface area contributed by atoms with E-state index < -0.39 is 0 Å². The van der Waals surface area contributed by atoms with Crippen LogP contribution >= 0.6 is 0 Å². The van der Waals surface area contributed by atoms with Gasteiger partial charge in [-0.2, -0.15) is 0 Å². The van der Waals surface area contributed by atoms with Crippen LogP contribution in [0.3, 0.4) is 0 Å². The molecule has 2 fully saturated rings. The number of rotatable bonds is 2. The number of hydrogen-bond donors (Lipinski definition) is 0. The van der Waals surface area contributed by atoms with Gasteiger partial charge < -0.3 is 9.53 Å². The van der Waals surface area contributed by atoms with E-state index in [1.807, 2.05) is 0 Å². The highest BCUT2D eigenvalue weighted by molar-refractivity contribution is 5.87. The highest BCUT2D eigenvalue weighted by atomic mass is 16.5. The molecule has 2 saturated carbocycles. The Kier molecular flexibility index (Phi) is 4.71. The zero-order chi connectivity index (χ0) is 12.1. The van der Waals surface area contributed by atoms with Gasteiger partial charge in [-0.15, -0.1) is 0 Å². The van der Waals surface area contributed by atoms with Crippen LogP contribution in [-0.4, -0.2) is 18.4 Å². The summed E-state index contributed by atoms with van der Waals surface area (Å²) in [6.45, 7) is 6.73. The average Bonchev–Trinajstić information content (AvgIpc) is 2.80. The molecule has 2 aliphatic carbocycles. The monoisotopic (exact) mass is 224 g/mol. The van der Waals surface area contributed by atoms with Gasteiger partial charge in [0.25, 0.3) is 0 Å². The third-order valence-electron chi connectivity index (χ3n) is 3.28. The van der Waals surface area contributed by atoms with Gasteiger partial charge in [0.15, 0.2) is 0 Å². The second kappa shape index (κ2) is 5.83. The summed E-state index contributed by atoms with van der Waals surface area (Å²) in [6, 6.07) is 0. The van der Waals surface area contributed by atoms with Gasteiger partial charge >= 0.3 is 5.97 Å². The fourth-order valence-electron chi connectivity index (χ4n) is 2.57. The quantitative estimate of drug-likeness (QED) is 0.411. The van der Waals surface area contributed by atoms with Crippen LogP contribution in [0.25, 0.3) is 0 Å². The molecule has 0 saturated heterocycles. The van der Waals surface area contributed by atoms with Gasteiger partial charge in [-0.05, 0) is 51.4 Å². The van der Waals surface area contributed by atoms with E-state index >= 15 is 0 Å². The molecule has 3 unspecified atom stereocenters. The molecular formula is C13H20O3. The van der Waals surface area contributed by atoms with E-state index in [2.05, 4.69) is 6.58 Å². The lowest BCUT2D eigenvalue weighted by atomic mass is 9.98. The molecule has 0 heterocycles. The zero-order valence-corrected chi connectivity index (χ0v) is 10.1. The molecule has 0 aromatic carbocycles. The smallest absolute Gasteiger partial charge is 0.333 e. The molecule has 0 radical (unpaired) electrons. The SMILES string of the molecule is C=C(C)C(=O)OC1CC2CCC1C2.CC=O. The lowest BCUT2D eigenvalue weighted by Crippen LogP contribution is -2.24. The van der Waals surface area contributed by atoms with Gasteiger partial charge in [0.1, 0.15) is 12.4 Å². The van der Waals surface area contributed by atoms with E-state index in [1.165, 1.54) is 26.2 Å². The third-order valence-corrected chi connectivity index (χ3v) is 3.28. The van der Waals surface area contributed by atoms with E-state index in [1.54, 1.807) is 6.92 Å². The van der Waals surface area contributed by atoms with Crippen LogP contribution in [-0.2, 0) is 14.3 Å². The molecule has 0 aliphatic heterocycles. The van der Waals surface area contributed by atoms with E-state index in [-0.39, 0.29) is 12.1 Å². The first-order chi connectivity index (χ1) is 7.58. The Labute approximate surface area is 96.9 Å². The van der Waals surface area contributed by atoms with Crippen molar-refractivity contribution in [2.75, 3.05) is 0 Å². The minimum Gasteiger partial charge on any atom is -0.459 e. The first-order valence-corrected chi connectivity index (χ1v) is 5.84. The second-order valence-corrected chi connectivity index (χ2v) is 4.63. The van der Waals surface area contributed by atoms with Gasteiger partial charge in [0, 0.05) is 5.57 Å². The van der Waals surface area contributed by atoms with Crippen LogP contribution in [0.15, 0.2) is 12.2 Å². The van der Waals surface area contributed by atoms with Gasteiger partial charge in [0.05, 0.1) is 0 Å². The summed E-state index contributed by atoms with van der Waals surface area (Å²) >= 11 is 0. The Balaban J connectivity index is 0.000000386. The van der Waals surface area contributed by atoms with Crippen LogP contribution in [0, 0.1) is 11.8 Å². The van der Waals surface area contributed by atoms with Gasteiger partial charge in [-0.3, -0.25) is 0 Å².